The summed E-state index contributed by atoms with van der Waals surface area (Å²) in [7, 11) is 3.29. The minimum absolute atomic E-state index is 0.00454. The van der Waals surface area contributed by atoms with Gasteiger partial charge in [0.15, 0.2) is 11.4 Å². The zero-order valence-electron chi connectivity index (χ0n) is 18.2. The van der Waals surface area contributed by atoms with Gasteiger partial charge < -0.3 is 31.1 Å². The normalized spacial score (nSPS) is 26.0. The number of allylic oxidation sites excluding steroid dienone is 2. The molecule has 12 nitrogen and oxygen atoms in total. The van der Waals surface area contributed by atoms with Gasteiger partial charge in [0.2, 0.25) is 5.78 Å². The Hall–Kier alpha value is -3.90. The maximum atomic E-state index is 13.6. The number of nitrogens with one attached hydrogen (secondary N) is 1. The summed E-state index contributed by atoms with van der Waals surface area (Å²) in [6.07, 6.45) is -0.233. The summed E-state index contributed by atoms with van der Waals surface area (Å²) in [6, 6.07) is 1.30. The Morgan fingerprint density at radius 1 is 1.18 bits per heavy atom. The number of phenolic OH excluding ortho intramolecular Hbond substituents is 1. The second-order valence-corrected chi connectivity index (χ2v) is 8.89. The summed E-state index contributed by atoms with van der Waals surface area (Å²) in [5.41, 5.74) is 2.75. The van der Waals surface area contributed by atoms with Crippen LogP contribution >= 0.6 is 0 Å². The maximum Gasteiger partial charge on any atom is 0.278 e. The molecule has 3 aliphatic carbocycles. The highest BCUT2D eigenvalue weighted by Gasteiger charge is 2.59. The number of nitrogens with zero attached hydrogens (tertiary/aromatic N) is 1. The number of carbonyl (C=O) groups excluding carboxylic acids is 4. The predicted molar refractivity (Wildman–Crippen MR) is 114 cm³/mol. The molecule has 0 heterocycles. The molecular formula is C22H23N3O9. The van der Waals surface area contributed by atoms with Crippen LogP contribution in [-0.2, 0) is 16.0 Å². The summed E-state index contributed by atoms with van der Waals surface area (Å²) in [6.45, 7) is 0. The number of carbonyl (C=O) groups is 4. The molecule has 8 N–H and O–H groups in total. The first kappa shape index (κ1) is 23.3. The molecule has 1 aromatic carbocycles. The average Bonchev–Trinajstić information content (AvgIpc) is 2.75. The highest BCUT2D eigenvalue weighted by Crippen LogP contribution is 2.52. The molecule has 0 saturated carbocycles. The number of aliphatic hydroxyl groups is 3. The molecule has 0 fully saturated rings. The molecule has 0 aliphatic heterocycles. The van der Waals surface area contributed by atoms with Gasteiger partial charge in [-0.1, -0.05) is 0 Å². The van der Waals surface area contributed by atoms with Crippen molar-refractivity contribution in [3.63, 3.8) is 0 Å². The highest BCUT2D eigenvalue weighted by molar-refractivity contribution is 6.24. The van der Waals surface area contributed by atoms with Gasteiger partial charge >= 0.3 is 0 Å². The number of fused-ring (bicyclic) bond motifs is 3. The summed E-state index contributed by atoms with van der Waals surface area (Å²) < 4.78 is 0. The van der Waals surface area contributed by atoms with Gasteiger partial charge in [-0.25, -0.2) is 5.48 Å². The van der Waals surface area contributed by atoms with Crippen molar-refractivity contribution in [2.24, 2.45) is 17.6 Å². The van der Waals surface area contributed by atoms with E-state index in [2.05, 4.69) is 0 Å². The van der Waals surface area contributed by atoms with Crippen LogP contribution in [0.25, 0.3) is 0 Å². The van der Waals surface area contributed by atoms with Crippen LogP contribution in [0.15, 0.2) is 28.7 Å². The van der Waals surface area contributed by atoms with Crippen LogP contribution in [0.2, 0.25) is 0 Å². The number of amides is 2. The Kier molecular flexibility index (Phi) is 5.18. The van der Waals surface area contributed by atoms with Crippen molar-refractivity contribution in [3.05, 3.63) is 45.4 Å². The fourth-order valence-electron chi connectivity index (χ4n) is 5.30. The van der Waals surface area contributed by atoms with Crippen molar-refractivity contribution in [1.82, 2.24) is 5.48 Å². The fraction of sp³-hybridized carbons (Fsp3) is 0.364. The van der Waals surface area contributed by atoms with Gasteiger partial charge in [0.25, 0.3) is 11.8 Å². The van der Waals surface area contributed by atoms with E-state index in [1.807, 2.05) is 0 Å². The van der Waals surface area contributed by atoms with Gasteiger partial charge in [0, 0.05) is 37.7 Å². The number of aliphatic hydroxyl groups excluding tert-OH is 2. The minimum Gasteiger partial charge on any atom is -0.511 e. The molecule has 4 rings (SSSR count). The lowest BCUT2D eigenvalue weighted by Gasteiger charge is -2.45. The SMILES string of the molecule is CN(C)c1cc(C(=O)NO)c(O)c2c1C[C@H]1C[C@H]3CC(O)=C(C(N)=O)C(=O)[C@@]3(O)C(O)=C1C2=O. The standard InChI is InChI=1S/C22H23N3O9/c1-25(2)11-6-10(21(32)24-34)16(27)14-9(11)4-7-3-8-5-12(26)15(20(23)31)19(30)22(8,33)18(29)13(7)17(14)28/h6-8,26-27,29,33-34H,3-5H2,1-2H3,(H2,23,31)(H,24,32)/t7-,8+,22+/m1/s1. The number of nitrogens with two attached hydrogens (primary N) is 1. The van der Waals surface area contributed by atoms with Crippen LogP contribution in [0.5, 0.6) is 5.75 Å². The monoisotopic (exact) mass is 473 g/mol. The van der Waals surface area contributed by atoms with Crippen molar-refractivity contribution in [3.8, 4) is 5.75 Å². The lowest BCUT2D eigenvalue weighted by atomic mass is 9.60. The molecule has 0 spiro atoms. The topological polar surface area (TPSA) is 211 Å². The molecule has 0 unspecified atom stereocenters. The summed E-state index contributed by atoms with van der Waals surface area (Å²) in [5.74, 6) is -8.66. The molecule has 0 bridgehead atoms. The third-order valence-corrected chi connectivity index (χ3v) is 6.87. The smallest absolute Gasteiger partial charge is 0.278 e. The van der Waals surface area contributed by atoms with E-state index < -0.39 is 69.2 Å². The molecule has 2 amide bonds. The van der Waals surface area contributed by atoms with E-state index in [4.69, 9.17) is 10.9 Å². The number of aromatic hydroxyl groups is 1. The first-order valence-corrected chi connectivity index (χ1v) is 10.3. The van der Waals surface area contributed by atoms with E-state index >= 15 is 0 Å². The lowest BCUT2D eigenvalue weighted by molar-refractivity contribution is -0.144. The molecule has 1 aromatic rings. The highest BCUT2D eigenvalue weighted by atomic mass is 16.5. The van der Waals surface area contributed by atoms with Crippen LogP contribution < -0.4 is 16.1 Å². The molecule has 0 saturated heterocycles. The lowest BCUT2D eigenvalue weighted by Crippen LogP contribution is -2.57. The summed E-state index contributed by atoms with van der Waals surface area (Å²) >= 11 is 0. The van der Waals surface area contributed by atoms with E-state index in [0.29, 0.717) is 11.3 Å². The van der Waals surface area contributed by atoms with Crippen molar-refractivity contribution < 1.29 is 44.8 Å². The van der Waals surface area contributed by atoms with Crippen molar-refractivity contribution >= 4 is 29.1 Å². The summed E-state index contributed by atoms with van der Waals surface area (Å²) in [4.78, 5) is 51.9. The molecular weight excluding hydrogens is 450 g/mol. The van der Waals surface area contributed by atoms with E-state index in [0.717, 1.165) is 0 Å². The quantitative estimate of drug-likeness (QED) is 0.174. The van der Waals surface area contributed by atoms with E-state index in [-0.39, 0.29) is 30.4 Å². The Morgan fingerprint density at radius 2 is 1.82 bits per heavy atom. The Morgan fingerprint density at radius 3 is 2.38 bits per heavy atom. The largest absolute Gasteiger partial charge is 0.511 e. The Bertz CT molecular complexity index is 1250. The van der Waals surface area contributed by atoms with Gasteiger partial charge in [-0.15, -0.1) is 0 Å². The van der Waals surface area contributed by atoms with E-state index in [1.54, 1.807) is 19.0 Å². The molecule has 3 atom stereocenters. The zero-order chi connectivity index (χ0) is 25.3. The third-order valence-electron chi connectivity index (χ3n) is 6.87. The van der Waals surface area contributed by atoms with Gasteiger partial charge in [-0.3, -0.25) is 24.4 Å². The van der Waals surface area contributed by atoms with Gasteiger partial charge in [0.1, 0.15) is 22.8 Å². The number of rotatable bonds is 3. The molecule has 0 radical (unpaired) electrons. The Balaban J connectivity index is 1.96. The van der Waals surface area contributed by atoms with Crippen LogP contribution in [0.4, 0.5) is 5.69 Å². The molecule has 0 aromatic heterocycles. The number of anilines is 1. The molecule has 34 heavy (non-hydrogen) atoms. The number of phenols is 1. The minimum atomic E-state index is -2.67. The van der Waals surface area contributed by atoms with E-state index in [1.165, 1.54) is 11.5 Å². The number of primary amides is 1. The van der Waals surface area contributed by atoms with Crippen molar-refractivity contribution in [2.75, 3.05) is 19.0 Å². The van der Waals surface area contributed by atoms with Crippen LogP contribution in [-0.4, -0.2) is 68.7 Å². The van der Waals surface area contributed by atoms with Crippen LogP contribution in [0, 0.1) is 11.8 Å². The summed E-state index contributed by atoms with van der Waals surface area (Å²) in [5, 5.41) is 52.2. The third kappa shape index (κ3) is 2.92. The number of hydrogen-bond donors (Lipinski definition) is 7. The number of hydroxylamine groups is 1. The number of benzene rings is 1. The number of ketones is 2. The first-order chi connectivity index (χ1) is 15.9. The molecule has 3 aliphatic rings. The fourth-order valence-corrected chi connectivity index (χ4v) is 5.30. The zero-order valence-corrected chi connectivity index (χ0v) is 18.2. The average molecular weight is 473 g/mol. The number of Topliss-reactive ketones (excluding diaryl/α,β-unsaturated/α-hetero) is 2. The molecule has 12 heteroatoms. The van der Waals surface area contributed by atoms with Gasteiger partial charge in [0.05, 0.1) is 11.1 Å². The van der Waals surface area contributed by atoms with E-state index in [9.17, 15) is 39.6 Å². The first-order valence-electron chi connectivity index (χ1n) is 10.3. The molecule has 180 valence electrons. The van der Waals surface area contributed by atoms with Crippen molar-refractivity contribution in [2.45, 2.75) is 24.9 Å². The van der Waals surface area contributed by atoms with Gasteiger partial charge in [-0.05, 0) is 30.4 Å². The van der Waals surface area contributed by atoms with Gasteiger partial charge in [-0.2, -0.15) is 0 Å². The predicted octanol–water partition coefficient (Wildman–Crippen LogP) is -0.234. The maximum absolute atomic E-state index is 13.6. The van der Waals surface area contributed by atoms with Crippen LogP contribution in [0.1, 0.15) is 39.1 Å². The number of hydrogen-bond acceptors (Lipinski definition) is 10. The second-order valence-electron chi connectivity index (χ2n) is 8.89. The Labute approximate surface area is 192 Å². The van der Waals surface area contributed by atoms with Crippen LogP contribution in [0.3, 0.4) is 0 Å². The van der Waals surface area contributed by atoms with Crippen molar-refractivity contribution in [1.29, 1.82) is 0 Å². The second kappa shape index (κ2) is 7.57.